The standard InChI is InChI=1S/C12H19NO4/c1-8-10(12(15)16)4-5-13(8)11(14)7-9-3-2-6-17-9/h8-10H,2-7H2,1H3,(H,15,16). The van der Waals surface area contributed by atoms with Crippen LogP contribution in [0.25, 0.3) is 0 Å². The highest BCUT2D eigenvalue weighted by Gasteiger charge is 2.38. The van der Waals surface area contributed by atoms with Crippen molar-refractivity contribution < 1.29 is 19.4 Å². The lowest BCUT2D eigenvalue weighted by Crippen LogP contribution is -2.39. The second-order valence-corrected chi connectivity index (χ2v) is 4.90. The van der Waals surface area contributed by atoms with Gasteiger partial charge >= 0.3 is 5.97 Å². The summed E-state index contributed by atoms with van der Waals surface area (Å²) in [5, 5.41) is 9.00. The minimum atomic E-state index is -0.801. The molecule has 0 saturated carbocycles. The Morgan fingerprint density at radius 2 is 2.18 bits per heavy atom. The second kappa shape index (κ2) is 5.04. The molecule has 2 heterocycles. The summed E-state index contributed by atoms with van der Waals surface area (Å²) in [6.07, 6.45) is 2.96. The number of carboxylic acids is 1. The summed E-state index contributed by atoms with van der Waals surface area (Å²) in [4.78, 5) is 24.7. The van der Waals surface area contributed by atoms with Gasteiger partial charge in [0.2, 0.25) is 5.91 Å². The highest BCUT2D eigenvalue weighted by molar-refractivity contribution is 5.79. The third-order valence-corrected chi connectivity index (χ3v) is 3.82. The first-order valence-electron chi connectivity index (χ1n) is 6.23. The van der Waals surface area contributed by atoms with Gasteiger partial charge in [0.05, 0.1) is 18.4 Å². The lowest BCUT2D eigenvalue weighted by Gasteiger charge is -2.24. The van der Waals surface area contributed by atoms with E-state index in [2.05, 4.69) is 0 Å². The summed E-state index contributed by atoms with van der Waals surface area (Å²) in [5.41, 5.74) is 0. The van der Waals surface area contributed by atoms with E-state index >= 15 is 0 Å². The van der Waals surface area contributed by atoms with Crippen molar-refractivity contribution in [1.29, 1.82) is 0 Å². The number of aliphatic carboxylic acids is 1. The van der Waals surface area contributed by atoms with Gasteiger partial charge in [0, 0.05) is 19.2 Å². The molecule has 0 aromatic carbocycles. The molecule has 3 atom stereocenters. The summed E-state index contributed by atoms with van der Waals surface area (Å²) in [5.74, 6) is -1.18. The average Bonchev–Trinajstić information content (AvgIpc) is 2.86. The first-order valence-corrected chi connectivity index (χ1v) is 6.23. The second-order valence-electron chi connectivity index (χ2n) is 4.90. The summed E-state index contributed by atoms with van der Waals surface area (Å²) in [6.45, 7) is 3.12. The molecule has 3 unspecified atom stereocenters. The molecule has 0 aromatic rings. The van der Waals surface area contributed by atoms with E-state index in [1.54, 1.807) is 4.90 Å². The fourth-order valence-electron chi connectivity index (χ4n) is 2.74. The highest BCUT2D eigenvalue weighted by atomic mass is 16.5. The largest absolute Gasteiger partial charge is 0.481 e. The van der Waals surface area contributed by atoms with Crippen LogP contribution in [0.1, 0.15) is 32.6 Å². The van der Waals surface area contributed by atoms with E-state index in [0.29, 0.717) is 19.4 Å². The van der Waals surface area contributed by atoms with Gasteiger partial charge in [0.1, 0.15) is 0 Å². The van der Waals surface area contributed by atoms with Crippen LogP contribution in [0.5, 0.6) is 0 Å². The molecule has 5 nitrogen and oxygen atoms in total. The third-order valence-electron chi connectivity index (χ3n) is 3.82. The molecular formula is C12H19NO4. The summed E-state index contributed by atoms with van der Waals surface area (Å²) >= 11 is 0. The molecule has 0 bridgehead atoms. The van der Waals surface area contributed by atoms with E-state index in [-0.39, 0.29) is 18.1 Å². The molecule has 2 saturated heterocycles. The Bertz CT molecular complexity index is 312. The number of likely N-dealkylation sites (tertiary alicyclic amines) is 1. The van der Waals surface area contributed by atoms with Crippen molar-refractivity contribution in [2.24, 2.45) is 5.92 Å². The van der Waals surface area contributed by atoms with Crippen LogP contribution < -0.4 is 0 Å². The van der Waals surface area contributed by atoms with Gasteiger partial charge in [0.15, 0.2) is 0 Å². The van der Waals surface area contributed by atoms with Crippen LogP contribution in [-0.2, 0) is 14.3 Å². The Kier molecular flexibility index (Phi) is 3.66. The Hall–Kier alpha value is -1.10. The molecule has 2 aliphatic rings. The smallest absolute Gasteiger partial charge is 0.308 e. The number of carboxylic acid groups (broad SMARTS) is 1. The Balaban J connectivity index is 1.89. The van der Waals surface area contributed by atoms with Crippen molar-refractivity contribution >= 4 is 11.9 Å². The average molecular weight is 241 g/mol. The van der Waals surface area contributed by atoms with Crippen molar-refractivity contribution in [3.8, 4) is 0 Å². The molecule has 0 radical (unpaired) electrons. The number of nitrogens with zero attached hydrogens (tertiary/aromatic N) is 1. The van der Waals surface area contributed by atoms with Crippen LogP contribution in [0.2, 0.25) is 0 Å². The Morgan fingerprint density at radius 1 is 1.41 bits per heavy atom. The lowest BCUT2D eigenvalue weighted by molar-refractivity contribution is -0.143. The predicted molar refractivity (Wildman–Crippen MR) is 60.5 cm³/mol. The quantitative estimate of drug-likeness (QED) is 0.796. The molecule has 2 aliphatic heterocycles. The van der Waals surface area contributed by atoms with Gasteiger partial charge < -0.3 is 14.7 Å². The van der Waals surface area contributed by atoms with E-state index in [4.69, 9.17) is 9.84 Å². The van der Waals surface area contributed by atoms with E-state index in [1.807, 2.05) is 6.92 Å². The zero-order valence-electron chi connectivity index (χ0n) is 10.1. The normalized spacial score (nSPS) is 33.0. The van der Waals surface area contributed by atoms with Gasteiger partial charge in [-0.25, -0.2) is 0 Å². The van der Waals surface area contributed by atoms with E-state index in [0.717, 1.165) is 19.4 Å². The lowest BCUT2D eigenvalue weighted by atomic mass is 10.0. The number of ether oxygens (including phenoxy) is 1. The van der Waals surface area contributed by atoms with Crippen molar-refractivity contribution in [1.82, 2.24) is 4.90 Å². The molecule has 17 heavy (non-hydrogen) atoms. The molecule has 5 heteroatoms. The van der Waals surface area contributed by atoms with Crippen LogP contribution >= 0.6 is 0 Å². The minimum Gasteiger partial charge on any atom is -0.481 e. The fourth-order valence-corrected chi connectivity index (χ4v) is 2.74. The topological polar surface area (TPSA) is 66.8 Å². The first kappa shape index (κ1) is 12.4. The van der Waals surface area contributed by atoms with Crippen LogP contribution in [0, 0.1) is 5.92 Å². The number of carbonyl (C=O) groups is 2. The van der Waals surface area contributed by atoms with Gasteiger partial charge in [-0.2, -0.15) is 0 Å². The van der Waals surface area contributed by atoms with Gasteiger partial charge in [-0.05, 0) is 26.2 Å². The van der Waals surface area contributed by atoms with Crippen molar-refractivity contribution in [2.75, 3.05) is 13.2 Å². The number of hydrogen-bond acceptors (Lipinski definition) is 3. The maximum absolute atomic E-state index is 12.0. The zero-order chi connectivity index (χ0) is 12.4. The SMILES string of the molecule is CC1C(C(=O)O)CCN1C(=O)CC1CCCO1. The van der Waals surface area contributed by atoms with E-state index in [9.17, 15) is 9.59 Å². The fraction of sp³-hybridized carbons (Fsp3) is 0.833. The molecule has 2 fully saturated rings. The number of rotatable bonds is 3. The number of carbonyl (C=O) groups excluding carboxylic acids is 1. The van der Waals surface area contributed by atoms with Gasteiger partial charge in [-0.3, -0.25) is 9.59 Å². The molecule has 0 spiro atoms. The Morgan fingerprint density at radius 3 is 2.71 bits per heavy atom. The van der Waals surface area contributed by atoms with Crippen LogP contribution in [0.4, 0.5) is 0 Å². The first-order chi connectivity index (χ1) is 8.09. The van der Waals surface area contributed by atoms with Crippen LogP contribution in [0.15, 0.2) is 0 Å². The van der Waals surface area contributed by atoms with E-state index in [1.165, 1.54) is 0 Å². The number of hydrogen-bond donors (Lipinski definition) is 1. The molecule has 1 N–H and O–H groups in total. The maximum atomic E-state index is 12.0. The summed E-state index contributed by atoms with van der Waals surface area (Å²) in [6, 6.07) is -0.193. The maximum Gasteiger partial charge on any atom is 0.308 e. The van der Waals surface area contributed by atoms with Crippen molar-refractivity contribution in [2.45, 2.75) is 44.8 Å². The molecule has 0 aromatic heterocycles. The monoisotopic (exact) mass is 241 g/mol. The predicted octanol–water partition coefficient (Wildman–Crippen LogP) is 0.877. The van der Waals surface area contributed by atoms with Gasteiger partial charge in [-0.15, -0.1) is 0 Å². The van der Waals surface area contributed by atoms with Gasteiger partial charge in [-0.1, -0.05) is 0 Å². The van der Waals surface area contributed by atoms with Crippen LogP contribution in [0.3, 0.4) is 0 Å². The molecule has 1 amide bonds. The minimum absolute atomic E-state index is 0.0353. The van der Waals surface area contributed by atoms with Crippen molar-refractivity contribution in [3.63, 3.8) is 0 Å². The van der Waals surface area contributed by atoms with Crippen molar-refractivity contribution in [3.05, 3.63) is 0 Å². The third kappa shape index (κ3) is 2.60. The highest BCUT2D eigenvalue weighted by Crippen LogP contribution is 2.26. The molecule has 0 aliphatic carbocycles. The Labute approximate surface area is 101 Å². The summed E-state index contributed by atoms with van der Waals surface area (Å²) < 4.78 is 5.43. The zero-order valence-corrected chi connectivity index (χ0v) is 10.1. The summed E-state index contributed by atoms with van der Waals surface area (Å²) in [7, 11) is 0. The molecule has 2 rings (SSSR count). The molecule has 96 valence electrons. The number of amides is 1. The van der Waals surface area contributed by atoms with Gasteiger partial charge in [0.25, 0.3) is 0 Å². The molecular weight excluding hydrogens is 222 g/mol. The van der Waals surface area contributed by atoms with E-state index < -0.39 is 11.9 Å². The van der Waals surface area contributed by atoms with Crippen LogP contribution in [-0.4, -0.2) is 47.2 Å².